The second-order valence-electron chi connectivity index (χ2n) is 6.56. The van der Waals surface area contributed by atoms with E-state index in [2.05, 4.69) is 16.0 Å². The average Bonchev–Trinajstić information content (AvgIpc) is 2.80. The molecule has 0 saturated heterocycles. The molecule has 160 valence electrons. The Labute approximate surface area is 181 Å². The number of carbonyl (C=O) groups excluding carboxylic acids is 2. The summed E-state index contributed by atoms with van der Waals surface area (Å²) in [4.78, 5) is 25.2. The Bertz CT molecular complexity index is 1040. The standard InChI is InChI=1S/C24H25N3O4/c1-3-31-22-11-7-6-10-21(22)27-23(28)16-25-20-9-5-4-8-19(20)24(29)26-17-12-14-18(30-2)15-13-17/h4-15,25H,3,16H2,1-2H3,(H,26,29)(H,27,28). The zero-order chi connectivity index (χ0) is 22.1. The molecule has 3 N–H and O–H groups in total. The number of para-hydroxylation sites is 3. The first-order chi connectivity index (χ1) is 15.1. The Morgan fingerprint density at radius 3 is 2.23 bits per heavy atom. The van der Waals surface area contributed by atoms with Gasteiger partial charge in [-0.1, -0.05) is 24.3 Å². The van der Waals surface area contributed by atoms with Crippen molar-refractivity contribution in [3.8, 4) is 11.5 Å². The number of methoxy groups -OCH3 is 1. The summed E-state index contributed by atoms with van der Waals surface area (Å²) in [5, 5.41) is 8.71. The molecule has 0 fully saturated rings. The monoisotopic (exact) mass is 419 g/mol. The molecule has 3 aromatic rings. The predicted molar refractivity (Wildman–Crippen MR) is 122 cm³/mol. The quantitative estimate of drug-likeness (QED) is 0.479. The van der Waals surface area contributed by atoms with Gasteiger partial charge in [0.25, 0.3) is 5.91 Å². The normalized spacial score (nSPS) is 10.1. The maximum atomic E-state index is 12.7. The molecule has 0 spiro atoms. The molecule has 0 heterocycles. The summed E-state index contributed by atoms with van der Waals surface area (Å²) in [5.41, 5.74) is 2.23. The van der Waals surface area contributed by atoms with Crippen molar-refractivity contribution in [2.45, 2.75) is 6.92 Å². The van der Waals surface area contributed by atoms with Gasteiger partial charge in [-0.15, -0.1) is 0 Å². The van der Waals surface area contributed by atoms with Gasteiger partial charge in [-0.05, 0) is 55.5 Å². The third kappa shape index (κ3) is 5.99. The van der Waals surface area contributed by atoms with Crippen LogP contribution in [0.1, 0.15) is 17.3 Å². The molecule has 0 radical (unpaired) electrons. The highest BCUT2D eigenvalue weighted by Gasteiger charge is 2.13. The first-order valence-corrected chi connectivity index (χ1v) is 9.90. The molecule has 0 unspecified atom stereocenters. The SMILES string of the molecule is CCOc1ccccc1NC(=O)CNc1ccccc1C(=O)Nc1ccc(OC)cc1. The minimum atomic E-state index is -0.282. The number of anilines is 3. The van der Waals surface area contributed by atoms with Crippen LogP contribution in [0.15, 0.2) is 72.8 Å². The van der Waals surface area contributed by atoms with Crippen LogP contribution in [0.5, 0.6) is 11.5 Å². The molecule has 7 heteroatoms. The van der Waals surface area contributed by atoms with Crippen molar-refractivity contribution < 1.29 is 19.1 Å². The molecule has 0 saturated carbocycles. The molecule has 31 heavy (non-hydrogen) atoms. The summed E-state index contributed by atoms with van der Waals surface area (Å²) in [6.07, 6.45) is 0. The Kier molecular flexibility index (Phi) is 7.48. The maximum absolute atomic E-state index is 12.7. The van der Waals surface area contributed by atoms with Gasteiger partial charge in [0.1, 0.15) is 11.5 Å². The van der Waals surface area contributed by atoms with Crippen molar-refractivity contribution in [1.82, 2.24) is 0 Å². The van der Waals surface area contributed by atoms with Gasteiger partial charge < -0.3 is 25.4 Å². The molecule has 2 amide bonds. The molecule has 0 aliphatic rings. The van der Waals surface area contributed by atoms with E-state index in [1.54, 1.807) is 67.8 Å². The smallest absolute Gasteiger partial charge is 0.257 e. The maximum Gasteiger partial charge on any atom is 0.257 e. The minimum Gasteiger partial charge on any atom is -0.497 e. The van der Waals surface area contributed by atoms with Gasteiger partial charge in [0.05, 0.1) is 31.5 Å². The second kappa shape index (κ2) is 10.7. The first-order valence-electron chi connectivity index (χ1n) is 9.90. The fourth-order valence-corrected chi connectivity index (χ4v) is 2.93. The van der Waals surface area contributed by atoms with Crippen LogP contribution >= 0.6 is 0 Å². The first kappa shape index (κ1) is 21.7. The Morgan fingerprint density at radius 2 is 1.52 bits per heavy atom. The molecule has 3 aromatic carbocycles. The second-order valence-corrected chi connectivity index (χ2v) is 6.56. The van der Waals surface area contributed by atoms with Crippen LogP contribution in [-0.2, 0) is 4.79 Å². The molecule has 0 bridgehead atoms. The van der Waals surface area contributed by atoms with Gasteiger partial charge in [0.2, 0.25) is 5.91 Å². The third-order valence-electron chi connectivity index (χ3n) is 4.42. The van der Waals surface area contributed by atoms with Crippen molar-refractivity contribution in [2.24, 2.45) is 0 Å². The molecule has 0 aliphatic heterocycles. The summed E-state index contributed by atoms with van der Waals surface area (Å²) in [5.74, 6) is 0.780. The van der Waals surface area contributed by atoms with Gasteiger partial charge in [-0.25, -0.2) is 0 Å². The lowest BCUT2D eigenvalue weighted by molar-refractivity contribution is -0.114. The molecule has 3 rings (SSSR count). The van der Waals surface area contributed by atoms with E-state index < -0.39 is 0 Å². The minimum absolute atomic E-state index is 0.00666. The van der Waals surface area contributed by atoms with E-state index >= 15 is 0 Å². The van der Waals surface area contributed by atoms with Gasteiger partial charge in [0, 0.05) is 11.4 Å². The molecular weight excluding hydrogens is 394 g/mol. The van der Waals surface area contributed by atoms with E-state index in [1.165, 1.54) is 0 Å². The number of hydrogen-bond acceptors (Lipinski definition) is 5. The molecular formula is C24H25N3O4. The lowest BCUT2D eigenvalue weighted by Crippen LogP contribution is -2.23. The van der Waals surface area contributed by atoms with Crippen molar-refractivity contribution in [1.29, 1.82) is 0 Å². The summed E-state index contributed by atoms with van der Waals surface area (Å²) in [7, 11) is 1.58. The van der Waals surface area contributed by atoms with Crippen molar-refractivity contribution >= 4 is 28.9 Å². The van der Waals surface area contributed by atoms with Crippen molar-refractivity contribution in [3.63, 3.8) is 0 Å². The van der Waals surface area contributed by atoms with Crippen LogP contribution in [0.4, 0.5) is 17.1 Å². The van der Waals surface area contributed by atoms with E-state index in [0.717, 1.165) is 0 Å². The summed E-state index contributed by atoms with van der Waals surface area (Å²) >= 11 is 0. The summed E-state index contributed by atoms with van der Waals surface area (Å²) in [6, 6.07) is 21.3. The van der Waals surface area contributed by atoms with Crippen molar-refractivity contribution in [2.75, 3.05) is 36.2 Å². The molecule has 0 atom stereocenters. The van der Waals surface area contributed by atoms with Crippen LogP contribution in [0.2, 0.25) is 0 Å². The predicted octanol–water partition coefficient (Wildman–Crippen LogP) is 4.40. The summed E-state index contributed by atoms with van der Waals surface area (Å²) in [6.45, 7) is 2.38. The van der Waals surface area contributed by atoms with Crippen LogP contribution in [0.25, 0.3) is 0 Å². The molecule has 0 aromatic heterocycles. The average molecular weight is 419 g/mol. The lowest BCUT2D eigenvalue weighted by atomic mass is 10.1. The Morgan fingerprint density at radius 1 is 0.839 bits per heavy atom. The highest BCUT2D eigenvalue weighted by Crippen LogP contribution is 2.24. The number of hydrogen-bond donors (Lipinski definition) is 3. The Balaban J connectivity index is 1.63. The van der Waals surface area contributed by atoms with Gasteiger partial charge in [-0.3, -0.25) is 9.59 Å². The molecule has 7 nitrogen and oxygen atoms in total. The highest BCUT2D eigenvalue weighted by molar-refractivity contribution is 6.08. The fraction of sp³-hybridized carbons (Fsp3) is 0.167. The number of ether oxygens (including phenoxy) is 2. The zero-order valence-corrected chi connectivity index (χ0v) is 17.5. The largest absolute Gasteiger partial charge is 0.497 e. The highest BCUT2D eigenvalue weighted by atomic mass is 16.5. The third-order valence-corrected chi connectivity index (χ3v) is 4.42. The number of nitrogens with one attached hydrogen (secondary N) is 3. The van der Waals surface area contributed by atoms with Gasteiger partial charge >= 0.3 is 0 Å². The lowest BCUT2D eigenvalue weighted by Gasteiger charge is -2.14. The summed E-state index contributed by atoms with van der Waals surface area (Å²) < 4.78 is 10.7. The van der Waals surface area contributed by atoms with Crippen LogP contribution in [-0.4, -0.2) is 32.1 Å². The number of rotatable bonds is 9. The number of amides is 2. The van der Waals surface area contributed by atoms with Gasteiger partial charge in [0.15, 0.2) is 0 Å². The van der Waals surface area contributed by atoms with Crippen LogP contribution < -0.4 is 25.4 Å². The zero-order valence-electron chi connectivity index (χ0n) is 17.5. The van der Waals surface area contributed by atoms with Gasteiger partial charge in [-0.2, -0.15) is 0 Å². The number of benzene rings is 3. The van der Waals surface area contributed by atoms with E-state index in [-0.39, 0.29) is 18.4 Å². The van der Waals surface area contributed by atoms with Crippen LogP contribution in [0, 0.1) is 0 Å². The number of carbonyl (C=O) groups is 2. The fourth-order valence-electron chi connectivity index (χ4n) is 2.93. The van der Waals surface area contributed by atoms with Crippen molar-refractivity contribution in [3.05, 3.63) is 78.4 Å². The van der Waals surface area contributed by atoms with Crippen LogP contribution in [0.3, 0.4) is 0 Å². The topological polar surface area (TPSA) is 88.7 Å². The molecule has 0 aliphatic carbocycles. The van der Waals surface area contributed by atoms with E-state index in [9.17, 15) is 9.59 Å². The van der Waals surface area contributed by atoms with E-state index in [4.69, 9.17) is 9.47 Å². The van der Waals surface area contributed by atoms with E-state index in [1.807, 2.05) is 19.1 Å². The Hall–Kier alpha value is -4.00. The van der Waals surface area contributed by atoms with E-state index in [0.29, 0.717) is 40.7 Å².